The first-order chi connectivity index (χ1) is 10.5. The van der Waals surface area contributed by atoms with Gasteiger partial charge in [0.25, 0.3) is 0 Å². The number of aliphatic carboxylic acids is 1. The molecule has 2 aromatic rings. The van der Waals surface area contributed by atoms with Gasteiger partial charge in [-0.15, -0.1) is 5.10 Å². The van der Waals surface area contributed by atoms with E-state index < -0.39 is 5.97 Å². The van der Waals surface area contributed by atoms with Crippen molar-refractivity contribution in [1.29, 1.82) is 0 Å². The van der Waals surface area contributed by atoms with Gasteiger partial charge < -0.3 is 5.11 Å². The molecule has 6 nitrogen and oxygen atoms in total. The molecular formula is C15H19ClN4O2. The number of nitrogens with zero attached hydrogens (tertiary/aromatic N) is 4. The molecule has 0 amide bonds. The first-order valence-electron chi connectivity index (χ1n) is 7.07. The molecule has 0 aliphatic rings. The van der Waals surface area contributed by atoms with Crippen molar-refractivity contribution in [2.75, 3.05) is 6.54 Å². The maximum atomic E-state index is 10.7. The van der Waals surface area contributed by atoms with Gasteiger partial charge in [0, 0.05) is 37.8 Å². The molecule has 0 aliphatic heterocycles. The van der Waals surface area contributed by atoms with Gasteiger partial charge in [0.05, 0.1) is 5.69 Å². The molecule has 1 N–H and O–H groups in total. The molecule has 118 valence electrons. The number of rotatable bonds is 8. The summed E-state index contributed by atoms with van der Waals surface area (Å²) in [5.41, 5.74) is 1.95. The van der Waals surface area contributed by atoms with E-state index in [2.05, 4.69) is 15.2 Å². The van der Waals surface area contributed by atoms with Crippen molar-refractivity contribution < 1.29 is 9.90 Å². The zero-order valence-corrected chi connectivity index (χ0v) is 13.2. The molecule has 0 aliphatic carbocycles. The van der Waals surface area contributed by atoms with Crippen LogP contribution in [0.3, 0.4) is 0 Å². The molecule has 0 spiro atoms. The van der Waals surface area contributed by atoms with E-state index >= 15 is 0 Å². The summed E-state index contributed by atoms with van der Waals surface area (Å²) in [7, 11) is 1.82. The SMILES string of the molecule is Cn1cc(CN(CCCC(=O)O)Cc2cccc(Cl)c2)nn1. The Morgan fingerprint density at radius 3 is 2.86 bits per heavy atom. The molecule has 0 saturated heterocycles. The van der Waals surface area contributed by atoms with Crippen LogP contribution in [-0.2, 0) is 24.9 Å². The summed E-state index contributed by atoms with van der Waals surface area (Å²) in [4.78, 5) is 12.8. The Balaban J connectivity index is 2.01. The normalized spacial score (nSPS) is 11.0. The van der Waals surface area contributed by atoms with Crippen LogP contribution in [0.15, 0.2) is 30.5 Å². The van der Waals surface area contributed by atoms with Crippen LogP contribution in [0.1, 0.15) is 24.1 Å². The fourth-order valence-corrected chi connectivity index (χ4v) is 2.47. The highest BCUT2D eigenvalue weighted by molar-refractivity contribution is 6.30. The Labute approximate surface area is 134 Å². The molecule has 0 atom stereocenters. The summed E-state index contributed by atoms with van der Waals surface area (Å²) in [5, 5.41) is 17.5. The Morgan fingerprint density at radius 1 is 1.41 bits per heavy atom. The summed E-state index contributed by atoms with van der Waals surface area (Å²) < 4.78 is 1.66. The Morgan fingerprint density at radius 2 is 2.23 bits per heavy atom. The zero-order valence-electron chi connectivity index (χ0n) is 12.4. The minimum absolute atomic E-state index is 0.159. The Hall–Kier alpha value is -1.92. The van der Waals surface area contributed by atoms with Gasteiger partial charge in [0.15, 0.2) is 0 Å². The summed E-state index contributed by atoms with van der Waals surface area (Å²) in [6.07, 6.45) is 2.62. The standard InChI is InChI=1S/C15H19ClN4O2/c1-19-10-14(17-18-19)11-20(7-3-6-15(21)22)9-12-4-2-5-13(16)8-12/h2,4-5,8,10H,3,6-7,9,11H2,1H3,(H,21,22). The molecule has 0 fully saturated rings. The highest BCUT2D eigenvalue weighted by Gasteiger charge is 2.11. The van der Waals surface area contributed by atoms with Crippen LogP contribution in [0.25, 0.3) is 0 Å². The highest BCUT2D eigenvalue weighted by atomic mass is 35.5. The second-order valence-electron chi connectivity index (χ2n) is 5.22. The van der Waals surface area contributed by atoms with Crippen LogP contribution in [0.2, 0.25) is 5.02 Å². The predicted octanol–water partition coefficient (Wildman–Crippen LogP) is 2.34. The minimum Gasteiger partial charge on any atom is -0.481 e. The number of hydrogen-bond acceptors (Lipinski definition) is 4. The molecule has 2 rings (SSSR count). The van der Waals surface area contributed by atoms with Crippen molar-refractivity contribution in [2.45, 2.75) is 25.9 Å². The topological polar surface area (TPSA) is 71.2 Å². The third-order valence-electron chi connectivity index (χ3n) is 3.20. The van der Waals surface area contributed by atoms with E-state index in [0.29, 0.717) is 31.1 Å². The zero-order chi connectivity index (χ0) is 15.9. The van der Waals surface area contributed by atoms with Crippen molar-refractivity contribution in [1.82, 2.24) is 19.9 Å². The van der Waals surface area contributed by atoms with E-state index in [1.54, 1.807) is 4.68 Å². The predicted molar refractivity (Wildman–Crippen MR) is 83.4 cm³/mol. The van der Waals surface area contributed by atoms with Crippen molar-refractivity contribution in [3.8, 4) is 0 Å². The van der Waals surface area contributed by atoms with E-state index in [0.717, 1.165) is 11.3 Å². The molecular weight excluding hydrogens is 304 g/mol. The van der Waals surface area contributed by atoms with Gasteiger partial charge in [0.1, 0.15) is 0 Å². The summed E-state index contributed by atoms with van der Waals surface area (Å²) >= 11 is 6.02. The summed E-state index contributed by atoms with van der Waals surface area (Å²) in [6, 6.07) is 7.67. The van der Waals surface area contributed by atoms with Crippen LogP contribution in [0, 0.1) is 0 Å². The van der Waals surface area contributed by atoms with Crippen LogP contribution in [0.5, 0.6) is 0 Å². The third-order valence-corrected chi connectivity index (χ3v) is 3.43. The molecule has 1 heterocycles. The second-order valence-corrected chi connectivity index (χ2v) is 5.66. The number of carbonyl (C=O) groups is 1. The highest BCUT2D eigenvalue weighted by Crippen LogP contribution is 2.14. The number of carboxylic acid groups (broad SMARTS) is 1. The van der Waals surface area contributed by atoms with E-state index in [1.807, 2.05) is 37.5 Å². The second kappa shape index (κ2) is 7.91. The maximum Gasteiger partial charge on any atom is 0.303 e. The summed E-state index contributed by atoms with van der Waals surface area (Å²) in [5.74, 6) is -0.776. The first-order valence-corrected chi connectivity index (χ1v) is 7.44. The average Bonchev–Trinajstić information content (AvgIpc) is 2.83. The monoisotopic (exact) mass is 322 g/mol. The lowest BCUT2D eigenvalue weighted by atomic mass is 10.2. The number of halogens is 1. The van der Waals surface area contributed by atoms with Crippen molar-refractivity contribution >= 4 is 17.6 Å². The minimum atomic E-state index is -0.776. The number of aromatic nitrogens is 3. The molecule has 22 heavy (non-hydrogen) atoms. The van der Waals surface area contributed by atoms with Gasteiger partial charge in [-0.1, -0.05) is 28.9 Å². The molecule has 0 unspecified atom stereocenters. The Bertz CT molecular complexity index is 630. The lowest BCUT2D eigenvalue weighted by molar-refractivity contribution is -0.137. The molecule has 0 bridgehead atoms. The van der Waals surface area contributed by atoms with Crippen LogP contribution in [0.4, 0.5) is 0 Å². The largest absolute Gasteiger partial charge is 0.481 e. The van der Waals surface area contributed by atoms with Crippen LogP contribution < -0.4 is 0 Å². The average molecular weight is 323 g/mol. The van der Waals surface area contributed by atoms with E-state index in [-0.39, 0.29) is 6.42 Å². The maximum absolute atomic E-state index is 10.7. The van der Waals surface area contributed by atoms with E-state index in [9.17, 15) is 4.79 Å². The smallest absolute Gasteiger partial charge is 0.303 e. The fourth-order valence-electron chi connectivity index (χ4n) is 2.26. The molecule has 0 saturated carbocycles. The number of benzene rings is 1. The number of hydrogen-bond donors (Lipinski definition) is 1. The third kappa shape index (κ3) is 5.46. The number of carboxylic acids is 1. The Kier molecular flexibility index (Phi) is 5.91. The first kappa shape index (κ1) is 16.5. The fraction of sp³-hybridized carbons (Fsp3) is 0.400. The molecule has 7 heteroatoms. The van der Waals surface area contributed by atoms with Crippen molar-refractivity contribution in [3.63, 3.8) is 0 Å². The number of aryl methyl sites for hydroxylation is 1. The van der Waals surface area contributed by atoms with Crippen LogP contribution in [-0.4, -0.2) is 37.5 Å². The van der Waals surface area contributed by atoms with Crippen LogP contribution >= 0.6 is 11.6 Å². The van der Waals surface area contributed by atoms with Gasteiger partial charge in [-0.25, -0.2) is 0 Å². The summed E-state index contributed by atoms with van der Waals surface area (Å²) in [6.45, 7) is 1.99. The van der Waals surface area contributed by atoms with Gasteiger partial charge in [-0.3, -0.25) is 14.4 Å². The van der Waals surface area contributed by atoms with Gasteiger partial charge >= 0.3 is 5.97 Å². The van der Waals surface area contributed by atoms with E-state index in [1.165, 1.54) is 0 Å². The molecule has 1 aromatic heterocycles. The van der Waals surface area contributed by atoms with Crippen molar-refractivity contribution in [3.05, 3.63) is 46.7 Å². The lowest BCUT2D eigenvalue weighted by Gasteiger charge is -2.21. The lowest BCUT2D eigenvalue weighted by Crippen LogP contribution is -2.24. The molecule has 1 aromatic carbocycles. The molecule has 0 radical (unpaired) electrons. The van der Waals surface area contributed by atoms with Gasteiger partial charge in [0.2, 0.25) is 0 Å². The van der Waals surface area contributed by atoms with Gasteiger partial charge in [-0.05, 0) is 30.7 Å². The van der Waals surface area contributed by atoms with Crippen molar-refractivity contribution in [2.24, 2.45) is 7.05 Å². The van der Waals surface area contributed by atoms with Gasteiger partial charge in [-0.2, -0.15) is 0 Å². The quantitative estimate of drug-likeness (QED) is 0.807. The van der Waals surface area contributed by atoms with E-state index in [4.69, 9.17) is 16.7 Å².